The average Bonchev–Trinajstić information content (AvgIpc) is 3.09. The van der Waals surface area contributed by atoms with Crippen LogP contribution in [-0.4, -0.2) is 11.1 Å². The Bertz CT molecular complexity index is 1110. The molecule has 3 aromatic rings. The molecule has 4 nitrogen and oxygen atoms in total. The van der Waals surface area contributed by atoms with Crippen molar-refractivity contribution in [3.8, 4) is 11.8 Å². The second-order valence-electron chi connectivity index (χ2n) is 6.24. The number of carbonyl (C=O) groups excluding carboxylic acids is 1. The Labute approximate surface area is 166 Å². The molecule has 1 aliphatic heterocycles. The molecule has 1 amide bonds. The Morgan fingerprint density at radius 2 is 1.89 bits per heavy atom. The van der Waals surface area contributed by atoms with E-state index in [4.69, 9.17) is 16.3 Å². The Kier molecular flexibility index (Phi) is 4.96. The van der Waals surface area contributed by atoms with E-state index in [1.807, 2.05) is 24.3 Å². The summed E-state index contributed by atoms with van der Waals surface area (Å²) in [7, 11) is 0. The van der Waals surface area contributed by atoms with Crippen LogP contribution in [0.1, 0.15) is 34.4 Å². The summed E-state index contributed by atoms with van der Waals surface area (Å²) in [5.74, 6) is 5.65. The highest BCUT2D eigenvalue weighted by molar-refractivity contribution is 6.31. The van der Waals surface area contributed by atoms with E-state index < -0.39 is 24.1 Å². The van der Waals surface area contributed by atoms with E-state index in [-0.39, 0.29) is 0 Å². The van der Waals surface area contributed by atoms with Crippen LogP contribution in [0, 0.1) is 17.7 Å². The van der Waals surface area contributed by atoms with Crippen LogP contribution in [0.3, 0.4) is 0 Å². The third-order valence-corrected chi connectivity index (χ3v) is 4.65. The lowest BCUT2D eigenvalue weighted by Crippen LogP contribution is -2.19. The highest BCUT2D eigenvalue weighted by atomic mass is 35.5. The number of carbonyl (C=O) groups is 1. The fraction of sp³-hybridized carbons (Fsp3) is 0.0909. The van der Waals surface area contributed by atoms with Crippen molar-refractivity contribution in [2.45, 2.75) is 12.1 Å². The molecule has 0 radical (unpaired) electrons. The van der Waals surface area contributed by atoms with Crippen molar-refractivity contribution in [3.05, 3.63) is 100 Å². The van der Waals surface area contributed by atoms with Gasteiger partial charge in [-0.15, -0.1) is 0 Å². The molecule has 1 unspecified atom stereocenters. The molecule has 0 aliphatic carbocycles. The fourth-order valence-corrected chi connectivity index (χ4v) is 3.20. The molecule has 138 valence electrons. The lowest BCUT2D eigenvalue weighted by atomic mass is 9.97. The molecular weight excluding hydrogens is 379 g/mol. The third kappa shape index (κ3) is 3.83. The second kappa shape index (κ2) is 7.71. The van der Waals surface area contributed by atoms with Crippen molar-refractivity contribution in [1.82, 2.24) is 10.3 Å². The van der Waals surface area contributed by atoms with E-state index in [9.17, 15) is 9.18 Å². The molecule has 4 rings (SSSR count). The van der Waals surface area contributed by atoms with Crippen molar-refractivity contribution in [2.24, 2.45) is 0 Å². The van der Waals surface area contributed by atoms with Gasteiger partial charge in [-0.3, -0.25) is 4.98 Å². The molecule has 2 atom stereocenters. The van der Waals surface area contributed by atoms with Gasteiger partial charge in [-0.2, -0.15) is 0 Å². The summed E-state index contributed by atoms with van der Waals surface area (Å²) in [6, 6.07) is 14.6. The minimum absolute atomic E-state index is 0.392. The Hall–Kier alpha value is -3.36. The van der Waals surface area contributed by atoms with Gasteiger partial charge in [0.05, 0.1) is 5.02 Å². The predicted octanol–water partition coefficient (Wildman–Crippen LogP) is 4.80. The van der Waals surface area contributed by atoms with Crippen molar-refractivity contribution < 1.29 is 13.9 Å². The maximum atomic E-state index is 13.6. The smallest absolute Gasteiger partial charge is 0.408 e. The van der Waals surface area contributed by atoms with Gasteiger partial charge >= 0.3 is 6.09 Å². The van der Waals surface area contributed by atoms with Crippen molar-refractivity contribution in [3.63, 3.8) is 0 Å². The predicted molar refractivity (Wildman–Crippen MR) is 103 cm³/mol. The van der Waals surface area contributed by atoms with Crippen LogP contribution < -0.4 is 5.32 Å². The highest BCUT2D eigenvalue weighted by Gasteiger charge is 2.36. The number of rotatable bonds is 2. The van der Waals surface area contributed by atoms with E-state index in [1.54, 1.807) is 30.6 Å². The molecule has 0 bridgehead atoms. The number of cyclic esters (lactones) is 1. The molecule has 0 spiro atoms. The number of alkyl carbamates (subject to hydrolysis) is 1. The largest absolute Gasteiger partial charge is 0.439 e. The summed E-state index contributed by atoms with van der Waals surface area (Å²) in [6.45, 7) is 0. The first kappa shape index (κ1) is 18.0. The number of hydrogen-bond donors (Lipinski definition) is 1. The molecule has 6 heteroatoms. The summed E-state index contributed by atoms with van der Waals surface area (Å²) in [5, 5.41) is 3.33. The van der Waals surface area contributed by atoms with Gasteiger partial charge < -0.3 is 10.1 Å². The van der Waals surface area contributed by atoms with Gasteiger partial charge in [0.25, 0.3) is 0 Å². The van der Waals surface area contributed by atoms with E-state index in [2.05, 4.69) is 22.1 Å². The number of hydrogen-bond acceptors (Lipinski definition) is 3. The maximum absolute atomic E-state index is 13.6. The minimum Gasteiger partial charge on any atom is -0.439 e. The van der Waals surface area contributed by atoms with Gasteiger partial charge in [-0.25, -0.2) is 9.18 Å². The zero-order valence-electron chi connectivity index (χ0n) is 14.5. The van der Waals surface area contributed by atoms with Crippen molar-refractivity contribution in [1.29, 1.82) is 0 Å². The standard InChI is InChI=1S/C22H14ClFN2O2/c23-19-7-2-1-4-15(19)9-8-14-10-17(13-25-12-14)20-21(28-22(27)26-20)16-5-3-6-18(24)11-16/h1-7,10-13,20-21H,(H,26,27)/t20-,21?/m1/s1. The fourth-order valence-electron chi connectivity index (χ4n) is 3.02. The van der Waals surface area contributed by atoms with Crippen LogP contribution in [-0.2, 0) is 4.74 Å². The Balaban J connectivity index is 1.65. The monoisotopic (exact) mass is 392 g/mol. The van der Waals surface area contributed by atoms with Gasteiger partial charge in [0.15, 0.2) is 6.10 Å². The third-order valence-electron chi connectivity index (χ3n) is 4.32. The first-order valence-electron chi connectivity index (χ1n) is 8.54. The number of halogens is 2. The van der Waals surface area contributed by atoms with Crippen molar-refractivity contribution in [2.75, 3.05) is 0 Å². The highest BCUT2D eigenvalue weighted by Crippen LogP contribution is 2.36. The Morgan fingerprint density at radius 3 is 2.71 bits per heavy atom. The number of amides is 1. The normalized spacial score (nSPS) is 18.0. The van der Waals surface area contributed by atoms with Crippen LogP contribution in [0.25, 0.3) is 0 Å². The van der Waals surface area contributed by atoms with E-state index >= 15 is 0 Å². The van der Waals surface area contributed by atoms with E-state index in [0.717, 1.165) is 0 Å². The summed E-state index contributed by atoms with van der Waals surface area (Å²) < 4.78 is 19.0. The van der Waals surface area contributed by atoms with Crippen LogP contribution in [0.4, 0.5) is 9.18 Å². The van der Waals surface area contributed by atoms with Crippen LogP contribution >= 0.6 is 11.6 Å². The molecule has 1 saturated heterocycles. The first-order valence-corrected chi connectivity index (χ1v) is 8.92. The average molecular weight is 393 g/mol. The SMILES string of the molecule is O=C1N[C@H](c2cncc(C#Cc3ccccc3Cl)c2)C(c2cccc(F)c2)O1. The van der Waals surface area contributed by atoms with Gasteiger partial charge in [0.1, 0.15) is 11.9 Å². The molecule has 2 heterocycles. The number of nitrogens with zero attached hydrogens (tertiary/aromatic N) is 1. The maximum Gasteiger partial charge on any atom is 0.408 e. The minimum atomic E-state index is -0.656. The molecule has 1 aliphatic rings. The van der Waals surface area contributed by atoms with Gasteiger partial charge in [0, 0.05) is 23.5 Å². The van der Waals surface area contributed by atoms with E-state index in [1.165, 1.54) is 12.1 Å². The van der Waals surface area contributed by atoms with Gasteiger partial charge in [0.2, 0.25) is 0 Å². The lowest BCUT2D eigenvalue weighted by molar-refractivity contribution is 0.132. The number of nitrogens with one attached hydrogen (secondary N) is 1. The quantitative estimate of drug-likeness (QED) is 0.637. The summed E-state index contributed by atoms with van der Waals surface area (Å²) in [5.41, 5.74) is 2.66. The van der Waals surface area contributed by atoms with E-state index in [0.29, 0.717) is 27.3 Å². The molecule has 1 aromatic heterocycles. The summed E-state index contributed by atoms with van der Waals surface area (Å²) in [6.07, 6.45) is 2.04. The van der Waals surface area contributed by atoms with Gasteiger partial charge in [-0.05, 0) is 41.5 Å². The molecule has 2 aromatic carbocycles. The van der Waals surface area contributed by atoms with Crippen LogP contribution in [0.5, 0.6) is 0 Å². The number of ether oxygens (including phenoxy) is 1. The summed E-state index contributed by atoms with van der Waals surface area (Å²) in [4.78, 5) is 16.1. The Morgan fingerprint density at radius 1 is 1.04 bits per heavy atom. The number of aromatic nitrogens is 1. The van der Waals surface area contributed by atoms with Crippen LogP contribution in [0.2, 0.25) is 5.02 Å². The topological polar surface area (TPSA) is 51.2 Å². The molecule has 1 fully saturated rings. The number of pyridine rings is 1. The zero-order chi connectivity index (χ0) is 19.5. The first-order chi connectivity index (χ1) is 13.6. The van der Waals surface area contributed by atoms with Gasteiger partial charge in [-0.1, -0.05) is 47.7 Å². The number of benzene rings is 2. The molecule has 28 heavy (non-hydrogen) atoms. The summed E-state index contributed by atoms with van der Waals surface area (Å²) >= 11 is 6.13. The molecule has 0 saturated carbocycles. The molecule has 1 N–H and O–H groups in total. The zero-order valence-corrected chi connectivity index (χ0v) is 15.3. The molecular formula is C22H14ClFN2O2. The van der Waals surface area contributed by atoms with Crippen molar-refractivity contribution >= 4 is 17.7 Å². The lowest BCUT2D eigenvalue weighted by Gasteiger charge is -2.17. The van der Waals surface area contributed by atoms with Crippen LogP contribution in [0.15, 0.2) is 67.0 Å². The second-order valence-corrected chi connectivity index (χ2v) is 6.65.